The van der Waals surface area contributed by atoms with Gasteiger partial charge in [-0.1, -0.05) is 0 Å². The molecule has 1 aromatic heterocycles. The number of sulfonamides is 1. The molecule has 7 heteroatoms. The SMILES string of the molecule is CCn1cc(S(=O)(=O)N2CCCC2(C)C)cc1C(=O)O. The van der Waals surface area contributed by atoms with Crippen molar-refractivity contribution in [3.05, 3.63) is 18.0 Å². The van der Waals surface area contributed by atoms with Crippen LogP contribution in [0.25, 0.3) is 0 Å². The maximum atomic E-state index is 12.7. The average molecular weight is 300 g/mol. The van der Waals surface area contributed by atoms with Crippen LogP contribution in [0.2, 0.25) is 0 Å². The van der Waals surface area contributed by atoms with Crippen molar-refractivity contribution in [1.29, 1.82) is 0 Å². The predicted molar refractivity (Wildman–Crippen MR) is 74.3 cm³/mol. The fourth-order valence-corrected chi connectivity index (χ4v) is 4.61. The molecule has 0 spiro atoms. The van der Waals surface area contributed by atoms with Crippen molar-refractivity contribution in [2.45, 2.75) is 50.6 Å². The van der Waals surface area contributed by atoms with Crippen LogP contribution in [-0.2, 0) is 16.6 Å². The van der Waals surface area contributed by atoms with Gasteiger partial charge >= 0.3 is 5.97 Å². The van der Waals surface area contributed by atoms with E-state index in [1.165, 1.54) is 21.1 Å². The molecule has 0 aliphatic carbocycles. The molecule has 1 fully saturated rings. The maximum Gasteiger partial charge on any atom is 0.352 e. The molecular weight excluding hydrogens is 280 g/mol. The fraction of sp³-hybridized carbons (Fsp3) is 0.615. The van der Waals surface area contributed by atoms with E-state index in [9.17, 15) is 13.2 Å². The van der Waals surface area contributed by atoms with Gasteiger partial charge in [0.05, 0.1) is 0 Å². The molecule has 1 aromatic rings. The van der Waals surface area contributed by atoms with Crippen LogP contribution in [0.15, 0.2) is 17.2 Å². The van der Waals surface area contributed by atoms with Gasteiger partial charge in [0, 0.05) is 24.8 Å². The summed E-state index contributed by atoms with van der Waals surface area (Å²) in [6.07, 6.45) is 3.05. The van der Waals surface area contributed by atoms with Crippen molar-refractivity contribution in [3.8, 4) is 0 Å². The minimum Gasteiger partial charge on any atom is -0.477 e. The summed E-state index contributed by atoms with van der Waals surface area (Å²) in [7, 11) is -3.64. The molecule has 20 heavy (non-hydrogen) atoms. The Morgan fingerprint density at radius 1 is 1.45 bits per heavy atom. The third kappa shape index (κ3) is 2.35. The van der Waals surface area contributed by atoms with E-state index in [4.69, 9.17) is 5.11 Å². The number of nitrogens with zero attached hydrogens (tertiary/aromatic N) is 2. The number of hydrogen-bond acceptors (Lipinski definition) is 3. The van der Waals surface area contributed by atoms with Gasteiger partial charge in [-0.3, -0.25) is 0 Å². The summed E-state index contributed by atoms with van der Waals surface area (Å²) in [5.74, 6) is -1.12. The molecule has 1 aliphatic heterocycles. The Morgan fingerprint density at radius 2 is 2.10 bits per heavy atom. The first-order valence-electron chi connectivity index (χ1n) is 6.66. The minimum absolute atomic E-state index is 0.00285. The number of aryl methyl sites for hydroxylation is 1. The Kier molecular flexibility index (Phi) is 3.68. The Bertz CT molecular complexity index is 631. The lowest BCUT2D eigenvalue weighted by molar-refractivity contribution is 0.0685. The zero-order valence-electron chi connectivity index (χ0n) is 12.0. The van der Waals surface area contributed by atoms with Crippen molar-refractivity contribution in [1.82, 2.24) is 8.87 Å². The van der Waals surface area contributed by atoms with Gasteiger partial charge in [0.1, 0.15) is 10.6 Å². The summed E-state index contributed by atoms with van der Waals surface area (Å²) >= 11 is 0. The van der Waals surface area contributed by atoms with E-state index in [1.54, 1.807) is 6.92 Å². The van der Waals surface area contributed by atoms with Crippen LogP contribution in [0, 0.1) is 0 Å². The summed E-state index contributed by atoms with van der Waals surface area (Å²) in [5.41, 5.74) is -0.417. The third-order valence-electron chi connectivity index (χ3n) is 3.84. The Hall–Kier alpha value is -1.34. The predicted octanol–water partition coefficient (Wildman–Crippen LogP) is 1.77. The van der Waals surface area contributed by atoms with Crippen molar-refractivity contribution < 1.29 is 18.3 Å². The van der Waals surface area contributed by atoms with Gasteiger partial charge in [-0.2, -0.15) is 4.31 Å². The van der Waals surface area contributed by atoms with Crippen molar-refractivity contribution in [2.75, 3.05) is 6.54 Å². The standard InChI is InChI=1S/C13H20N2O4S/c1-4-14-9-10(8-11(14)12(16)17)20(18,19)15-7-5-6-13(15,2)3/h8-9H,4-7H2,1-3H3,(H,16,17). The van der Waals surface area contributed by atoms with Crippen LogP contribution in [0.5, 0.6) is 0 Å². The number of carbonyl (C=O) groups is 1. The van der Waals surface area contributed by atoms with Crippen LogP contribution in [-0.4, -0.2) is 40.4 Å². The second-order valence-electron chi connectivity index (χ2n) is 5.65. The monoisotopic (exact) mass is 300 g/mol. The number of carboxylic acid groups (broad SMARTS) is 1. The molecule has 112 valence electrons. The zero-order chi connectivity index (χ0) is 15.1. The molecule has 0 atom stereocenters. The highest BCUT2D eigenvalue weighted by Gasteiger charge is 2.41. The van der Waals surface area contributed by atoms with Gasteiger partial charge in [0.15, 0.2) is 0 Å². The average Bonchev–Trinajstić information content (AvgIpc) is 2.92. The number of aromatic carboxylic acids is 1. The van der Waals surface area contributed by atoms with E-state index in [0.717, 1.165) is 12.8 Å². The summed E-state index contributed by atoms with van der Waals surface area (Å²) in [6, 6.07) is 1.25. The second kappa shape index (κ2) is 4.89. The van der Waals surface area contributed by atoms with Crippen LogP contribution in [0.1, 0.15) is 44.1 Å². The fourth-order valence-electron chi connectivity index (χ4n) is 2.72. The zero-order valence-corrected chi connectivity index (χ0v) is 12.8. The molecular formula is C13H20N2O4S. The van der Waals surface area contributed by atoms with Crippen molar-refractivity contribution in [3.63, 3.8) is 0 Å². The number of aromatic nitrogens is 1. The molecule has 2 heterocycles. The van der Waals surface area contributed by atoms with Gasteiger partial charge in [0.2, 0.25) is 10.0 Å². The maximum absolute atomic E-state index is 12.7. The Labute approximate surface area is 119 Å². The largest absolute Gasteiger partial charge is 0.477 e. The summed E-state index contributed by atoms with van der Waals surface area (Å²) in [4.78, 5) is 11.2. The van der Waals surface area contributed by atoms with Crippen molar-refractivity contribution >= 4 is 16.0 Å². The molecule has 0 bridgehead atoms. The number of hydrogen-bond donors (Lipinski definition) is 1. The van der Waals surface area contributed by atoms with E-state index in [-0.39, 0.29) is 10.6 Å². The normalized spacial score (nSPS) is 19.4. The molecule has 0 amide bonds. The van der Waals surface area contributed by atoms with E-state index < -0.39 is 21.5 Å². The number of carboxylic acids is 1. The summed E-state index contributed by atoms with van der Waals surface area (Å²) < 4.78 is 28.3. The lowest BCUT2D eigenvalue weighted by atomic mass is 10.0. The molecule has 0 radical (unpaired) electrons. The Balaban J connectivity index is 2.48. The first kappa shape index (κ1) is 15.1. The van der Waals surface area contributed by atoms with Crippen LogP contribution >= 0.6 is 0 Å². The molecule has 1 saturated heterocycles. The topological polar surface area (TPSA) is 79.6 Å². The lowest BCUT2D eigenvalue weighted by Gasteiger charge is -2.30. The van der Waals surface area contributed by atoms with E-state index in [0.29, 0.717) is 13.1 Å². The lowest BCUT2D eigenvalue weighted by Crippen LogP contribution is -2.42. The summed E-state index contributed by atoms with van der Waals surface area (Å²) in [6.45, 7) is 6.47. The molecule has 0 saturated carbocycles. The molecule has 0 unspecified atom stereocenters. The van der Waals surface area contributed by atoms with Gasteiger partial charge in [-0.05, 0) is 39.7 Å². The highest BCUT2D eigenvalue weighted by Crippen LogP contribution is 2.34. The van der Waals surface area contributed by atoms with Crippen molar-refractivity contribution in [2.24, 2.45) is 0 Å². The van der Waals surface area contributed by atoms with Gasteiger partial charge in [0.25, 0.3) is 0 Å². The Morgan fingerprint density at radius 3 is 2.50 bits per heavy atom. The van der Waals surface area contributed by atoms with Gasteiger partial charge in [-0.25, -0.2) is 13.2 Å². The minimum atomic E-state index is -3.64. The third-order valence-corrected chi connectivity index (χ3v) is 5.92. The van der Waals surface area contributed by atoms with E-state index in [2.05, 4.69) is 0 Å². The second-order valence-corrected chi connectivity index (χ2v) is 7.51. The van der Waals surface area contributed by atoms with E-state index >= 15 is 0 Å². The molecule has 1 N–H and O–H groups in total. The van der Waals surface area contributed by atoms with Gasteiger partial charge < -0.3 is 9.67 Å². The highest BCUT2D eigenvalue weighted by molar-refractivity contribution is 7.89. The number of rotatable bonds is 4. The molecule has 6 nitrogen and oxygen atoms in total. The molecule has 2 rings (SSSR count). The highest BCUT2D eigenvalue weighted by atomic mass is 32.2. The quantitative estimate of drug-likeness (QED) is 0.919. The van der Waals surface area contributed by atoms with Gasteiger partial charge in [-0.15, -0.1) is 0 Å². The molecule has 0 aromatic carbocycles. The summed E-state index contributed by atoms with van der Waals surface area (Å²) in [5, 5.41) is 9.11. The van der Waals surface area contributed by atoms with Crippen LogP contribution in [0.4, 0.5) is 0 Å². The van der Waals surface area contributed by atoms with E-state index in [1.807, 2.05) is 13.8 Å². The first-order valence-corrected chi connectivity index (χ1v) is 8.10. The van der Waals surface area contributed by atoms with Crippen LogP contribution in [0.3, 0.4) is 0 Å². The molecule has 1 aliphatic rings. The van der Waals surface area contributed by atoms with Crippen LogP contribution < -0.4 is 0 Å². The smallest absolute Gasteiger partial charge is 0.352 e. The first-order chi connectivity index (χ1) is 9.20.